The van der Waals surface area contributed by atoms with Crippen molar-refractivity contribution in [3.63, 3.8) is 0 Å². The summed E-state index contributed by atoms with van der Waals surface area (Å²) < 4.78 is 27.3. The van der Waals surface area contributed by atoms with Gasteiger partial charge in [-0.3, -0.25) is 4.79 Å². The highest BCUT2D eigenvalue weighted by Gasteiger charge is 2.23. The molecule has 2 rings (SSSR count). The number of benzene rings is 1. The molecule has 3 nitrogen and oxygen atoms in total. The maximum Gasteiger partial charge on any atom is 0.237 e. The highest BCUT2D eigenvalue weighted by atomic mass is 19.1. The van der Waals surface area contributed by atoms with Gasteiger partial charge in [-0.15, -0.1) is 0 Å². The monoisotopic (exact) mass is 282 g/mol. The number of halogens is 2. The second-order valence-electron chi connectivity index (χ2n) is 5.22. The van der Waals surface area contributed by atoms with Gasteiger partial charge >= 0.3 is 0 Å². The molecular weight excluding hydrogens is 262 g/mol. The van der Waals surface area contributed by atoms with E-state index in [-0.39, 0.29) is 17.5 Å². The zero-order valence-corrected chi connectivity index (χ0v) is 11.6. The molecule has 0 aliphatic carbocycles. The van der Waals surface area contributed by atoms with Crippen LogP contribution in [0, 0.1) is 11.6 Å². The first-order valence-corrected chi connectivity index (χ1v) is 7.07. The van der Waals surface area contributed by atoms with Crippen molar-refractivity contribution >= 4 is 5.91 Å². The summed E-state index contributed by atoms with van der Waals surface area (Å²) in [4.78, 5) is 12.1. The molecule has 2 unspecified atom stereocenters. The fraction of sp³-hybridized carbons (Fsp3) is 0.533. The molecule has 1 aromatic carbocycles. The smallest absolute Gasteiger partial charge is 0.237 e. The zero-order valence-electron chi connectivity index (χ0n) is 11.6. The van der Waals surface area contributed by atoms with Crippen LogP contribution in [0.5, 0.6) is 0 Å². The van der Waals surface area contributed by atoms with Crippen LogP contribution in [0.1, 0.15) is 44.2 Å². The number of amides is 1. The predicted molar refractivity (Wildman–Crippen MR) is 73.2 cm³/mol. The van der Waals surface area contributed by atoms with Gasteiger partial charge < -0.3 is 10.6 Å². The lowest BCUT2D eigenvalue weighted by Gasteiger charge is -2.20. The van der Waals surface area contributed by atoms with E-state index in [0.29, 0.717) is 0 Å². The fourth-order valence-electron chi connectivity index (χ4n) is 2.56. The average molecular weight is 282 g/mol. The molecule has 20 heavy (non-hydrogen) atoms. The van der Waals surface area contributed by atoms with E-state index in [9.17, 15) is 13.6 Å². The van der Waals surface area contributed by atoms with Gasteiger partial charge in [0.25, 0.3) is 0 Å². The number of carbonyl (C=O) groups is 1. The summed E-state index contributed by atoms with van der Waals surface area (Å²) in [5, 5.41) is 5.86. The minimum absolute atomic E-state index is 0.0885. The lowest BCUT2D eigenvalue weighted by atomic mass is 10.1. The van der Waals surface area contributed by atoms with E-state index in [0.717, 1.165) is 32.2 Å². The van der Waals surface area contributed by atoms with Crippen LogP contribution >= 0.6 is 0 Å². The van der Waals surface area contributed by atoms with Crippen LogP contribution in [0.4, 0.5) is 8.78 Å². The van der Waals surface area contributed by atoms with Gasteiger partial charge in [-0.1, -0.05) is 18.9 Å². The summed E-state index contributed by atoms with van der Waals surface area (Å²) in [6, 6.07) is 2.76. The van der Waals surface area contributed by atoms with Gasteiger partial charge in [0.2, 0.25) is 5.91 Å². The highest BCUT2D eigenvalue weighted by Crippen LogP contribution is 2.20. The van der Waals surface area contributed by atoms with Gasteiger partial charge in [0.05, 0.1) is 12.1 Å². The second-order valence-corrected chi connectivity index (χ2v) is 5.22. The molecule has 0 spiro atoms. The predicted octanol–water partition coefficient (Wildman–Crippen LogP) is 2.67. The molecule has 110 valence electrons. The normalized spacial score (nSPS) is 21.1. The molecule has 2 N–H and O–H groups in total. The molecule has 0 saturated carbocycles. The summed E-state index contributed by atoms with van der Waals surface area (Å²) >= 11 is 0. The molecule has 0 aromatic heterocycles. The molecule has 2 atom stereocenters. The van der Waals surface area contributed by atoms with Gasteiger partial charge in [0.15, 0.2) is 0 Å². The zero-order chi connectivity index (χ0) is 14.5. The van der Waals surface area contributed by atoms with E-state index in [1.807, 2.05) is 0 Å². The SMILES string of the molecule is CC(NC(=O)C1CCCCCN1)c1c(F)cccc1F. The molecule has 1 aromatic rings. The standard InChI is InChI=1S/C15H20F2N2O/c1-10(14-11(16)6-5-7-12(14)17)19-15(20)13-8-3-2-4-9-18-13/h5-7,10,13,18H,2-4,8-9H2,1H3,(H,19,20). The van der Waals surface area contributed by atoms with Crippen LogP contribution in [0.2, 0.25) is 0 Å². The van der Waals surface area contributed by atoms with E-state index in [1.165, 1.54) is 18.2 Å². The van der Waals surface area contributed by atoms with E-state index in [1.54, 1.807) is 6.92 Å². The highest BCUT2D eigenvalue weighted by molar-refractivity contribution is 5.82. The van der Waals surface area contributed by atoms with Crippen molar-refractivity contribution in [2.45, 2.75) is 44.7 Å². The van der Waals surface area contributed by atoms with Crippen LogP contribution in [0.25, 0.3) is 0 Å². The molecular formula is C15H20F2N2O. The maximum atomic E-state index is 13.7. The Kier molecular flexibility index (Phi) is 5.06. The Morgan fingerprint density at radius 1 is 1.30 bits per heavy atom. The minimum atomic E-state index is -0.686. The van der Waals surface area contributed by atoms with Crippen molar-refractivity contribution < 1.29 is 13.6 Å². The lowest BCUT2D eigenvalue weighted by molar-refractivity contribution is -0.123. The number of carbonyl (C=O) groups excluding carboxylic acids is 1. The quantitative estimate of drug-likeness (QED) is 0.895. The van der Waals surface area contributed by atoms with Crippen molar-refractivity contribution in [3.8, 4) is 0 Å². The summed E-state index contributed by atoms with van der Waals surface area (Å²) in [7, 11) is 0. The Morgan fingerprint density at radius 3 is 2.70 bits per heavy atom. The number of hydrogen-bond acceptors (Lipinski definition) is 2. The third-order valence-electron chi connectivity index (χ3n) is 3.67. The number of hydrogen-bond donors (Lipinski definition) is 2. The third kappa shape index (κ3) is 3.54. The van der Waals surface area contributed by atoms with Gasteiger partial charge in [0.1, 0.15) is 11.6 Å². The van der Waals surface area contributed by atoms with Gasteiger partial charge in [-0.25, -0.2) is 8.78 Å². The van der Waals surface area contributed by atoms with Gasteiger partial charge in [-0.2, -0.15) is 0 Å². The van der Waals surface area contributed by atoms with Crippen LogP contribution in [0.15, 0.2) is 18.2 Å². The van der Waals surface area contributed by atoms with Crippen LogP contribution in [-0.2, 0) is 4.79 Å². The minimum Gasteiger partial charge on any atom is -0.348 e. The van der Waals surface area contributed by atoms with Crippen LogP contribution in [-0.4, -0.2) is 18.5 Å². The fourth-order valence-corrected chi connectivity index (χ4v) is 2.56. The third-order valence-corrected chi connectivity index (χ3v) is 3.67. The topological polar surface area (TPSA) is 41.1 Å². The molecule has 5 heteroatoms. The van der Waals surface area contributed by atoms with E-state index in [4.69, 9.17) is 0 Å². The first-order chi connectivity index (χ1) is 9.59. The summed E-state index contributed by atoms with van der Waals surface area (Å²) in [5.41, 5.74) is -0.0885. The summed E-state index contributed by atoms with van der Waals surface area (Å²) in [5.74, 6) is -1.46. The largest absolute Gasteiger partial charge is 0.348 e. The molecule has 1 amide bonds. The maximum absolute atomic E-state index is 13.7. The van der Waals surface area contributed by atoms with Crippen molar-refractivity contribution in [2.24, 2.45) is 0 Å². The molecule has 1 saturated heterocycles. The number of rotatable bonds is 3. The Labute approximate surface area is 117 Å². The molecule has 0 radical (unpaired) electrons. The molecule has 1 aliphatic heterocycles. The number of nitrogens with one attached hydrogen (secondary N) is 2. The Hall–Kier alpha value is -1.49. The van der Waals surface area contributed by atoms with Crippen molar-refractivity contribution in [1.82, 2.24) is 10.6 Å². The second kappa shape index (κ2) is 6.79. The molecule has 1 fully saturated rings. The molecule has 1 aliphatic rings. The first-order valence-electron chi connectivity index (χ1n) is 7.07. The first kappa shape index (κ1) is 14.9. The molecule has 1 heterocycles. The summed E-state index contributed by atoms with van der Waals surface area (Å²) in [6.45, 7) is 2.40. The average Bonchev–Trinajstić information content (AvgIpc) is 2.67. The van der Waals surface area contributed by atoms with Crippen molar-refractivity contribution in [3.05, 3.63) is 35.4 Å². The Bertz CT molecular complexity index is 451. The lowest BCUT2D eigenvalue weighted by Crippen LogP contribution is -2.44. The summed E-state index contributed by atoms with van der Waals surface area (Å²) in [6.07, 6.45) is 3.92. The van der Waals surface area contributed by atoms with Crippen LogP contribution < -0.4 is 10.6 Å². The van der Waals surface area contributed by atoms with E-state index >= 15 is 0 Å². The van der Waals surface area contributed by atoms with E-state index < -0.39 is 17.7 Å². The Morgan fingerprint density at radius 2 is 2.00 bits per heavy atom. The van der Waals surface area contributed by atoms with Crippen molar-refractivity contribution in [1.29, 1.82) is 0 Å². The van der Waals surface area contributed by atoms with Gasteiger partial charge in [-0.05, 0) is 38.4 Å². The molecule has 0 bridgehead atoms. The van der Waals surface area contributed by atoms with Crippen LogP contribution in [0.3, 0.4) is 0 Å². The van der Waals surface area contributed by atoms with E-state index in [2.05, 4.69) is 10.6 Å². The van der Waals surface area contributed by atoms with Crippen molar-refractivity contribution in [2.75, 3.05) is 6.54 Å². The Balaban J connectivity index is 2.03. The van der Waals surface area contributed by atoms with Gasteiger partial charge in [0, 0.05) is 5.56 Å².